The van der Waals surface area contributed by atoms with Crippen molar-refractivity contribution in [2.24, 2.45) is 0 Å². The molecule has 3 aromatic rings. The molecule has 1 aliphatic rings. The zero-order valence-corrected chi connectivity index (χ0v) is 19.8. The van der Waals surface area contributed by atoms with E-state index in [0.29, 0.717) is 12.3 Å². The van der Waals surface area contributed by atoms with Crippen molar-refractivity contribution < 1.29 is 22.7 Å². The number of halogens is 3. The van der Waals surface area contributed by atoms with E-state index in [1.54, 1.807) is 18.2 Å². The van der Waals surface area contributed by atoms with E-state index in [4.69, 9.17) is 4.74 Å². The van der Waals surface area contributed by atoms with Crippen molar-refractivity contribution in [2.45, 2.75) is 45.5 Å². The topological polar surface area (TPSA) is 95.2 Å². The molecule has 8 nitrogen and oxygen atoms in total. The van der Waals surface area contributed by atoms with E-state index < -0.39 is 34.6 Å². The van der Waals surface area contributed by atoms with Crippen LogP contribution in [0.5, 0.6) is 0 Å². The smallest absolute Gasteiger partial charge is 0.376 e. The van der Waals surface area contributed by atoms with Crippen LogP contribution in [0.3, 0.4) is 0 Å². The van der Waals surface area contributed by atoms with Gasteiger partial charge in [-0.05, 0) is 67.6 Å². The Bertz CT molecular complexity index is 1390. The summed E-state index contributed by atoms with van der Waals surface area (Å²) in [5.74, 6) is -0.769. The number of benzene rings is 2. The lowest BCUT2D eigenvalue weighted by Gasteiger charge is -2.14. The first-order chi connectivity index (χ1) is 17.0. The van der Waals surface area contributed by atoms with E-state index in [2.05, 4.69) is 10.4 Å². The van der Waals surface area contributed by atoms with Gasteiger partial charge < -0.3 is 10.1 Å². The van der Waals surface area contributed by atoms with Crippen molar-refractivity contribution in [1.29, 1.82) is 0 Å². The predicted octanol–water partition coefficient (Wildman–Crippen LogP) is 2.99. The Morgan fingerprint density at radius 3 is 2.44 bits per heavy atom. The Hall–Kier alpha value is -3.73. The predicted molar refractivity (Wildman–Crippen MR) is 125 cm³/mol. The van der Waals surface area contributed by atoms with Gasteiger partial charge in [0.25, 0.3) is 11.5 Å². The average molecular weight is 502 g/mol. The number of aromatic nitrogens is 3. The second kappa shape index (κ2) is 10.1. The molecule has 2 aromatic carbocycles. The molecule has 1 fully saturated rings. The van der Waals surface area contributed by atoms with Gasteiger partial charge >= 0.3 is 11.9 Å². The third kappa shape index (κ3) is 5.40. The largest absolute Gasteiger partial charge is 0.416 e. The number of ether oxygens (including phenoxy) is 1. The maximum atomic E-state index is 13.3. The molecular formula is C25H25F3N4O4. The van der Waals surface area contributed by atoms with Gasteiger partial charge in [-0.3, -0.25) is 14.2 Å². The summed E-state index contributed by atoms with van der Waals surface area (Å²) in [5.41, 5.74) is -0.648. The van der Waals surface area contributed by atoms with E-state index in [1.807, 2.05) is 13.8 Å². The molecule has 0 saturated carbocycles. The molecule has 1 atom stereocenters. The van der Waals surface area contributed by atoms with E-state index in [9.17, 15) is 27.6 Å². The molecule has 36 heavy (non-hydrogen) atoms. The monoisotopic (exact) mass is 502 g/mol. The van der Waals surface area contributed by atoms with E-state index in [0.717, 1.165) is 45.4 Å². The van der Waals surface area contributed by atoms with E-state index in [-0.39, 0.29) is 24.8 Å². The zero-order valence-electron chi connectivity index (χ0n) is 19.8. The van der Waals surface area contributed by atoms with Crippen LogP contribution in [0.25, 0.3) is 5.69 Å². The SMILES string of the molecule is Cc1ccc(-n2nc(C(=O)NCC3CCCO3)c(=O)n(Cc3ccc(C(F)(F)F)cc3)c2=O)cc1C. The summed E-state index contributed by atoms with van der Waals surface area (Å²) >= 11 is 0. The summed E-state index contributed by atoms with van der Waals surface area (Å²) < 4.78 is 46.0. The lowest BCUT2D eigenvalue weighted by Crippen LogP contribution is -2.46. The van der Waals surface area contributed by atoms with Crippen molar-refractivity contribution in [1.82, 2.24) is 19.7 Å². The maximum absolute atomic E-state index is 13.3. The van der Waals surface area contributed by atoms with Crippen molar-refractivity contribution in [3.63, 3.8) is 0 Å². The first-order valence-corrected chi connectivity index (χ1v) is 11.4. The molecule has 0 bridgehead atoms. The van der Waals surface area contributed by atoms with Crippen LogP contribution in [-0.2, 0) is 17.5 Å². The molecule has 1 aliphatic heterocycles. The van der Waals surface area contributed by atoms with Gasteiger partial charge in [0.1, 0.15) is 0 Å². The number of carbonyl (C=O) groups excluding carboxylic acids is 1. The van der Waals surface area contributed by atoms with Crippen molar-refractivity contribution in [2.75, 3.05) is 13.2 Å². The van der Waals surface area contributed by atoms with Crippen LogP contribution in [0.1, 0.15) is 45.6 Å². The minimum Gasteiger partial charge on any atom is -0.376 e. The van der Waals surface area contributed by atoms with Crippen LogP contribution in [0.15, 0.2) is 52.1 Å². The van der Waals surface area contributed by atoms with Crippen LogP contribution in [0, 0.1) is 13.8 Å². The first-order valence-electron chi connectivity index (χ1n) is 11.4. The molecular weight excluding hydrogens is 477 g/mol. The van der Waals surface area contributed by atoms with Gasteiger partial charge in [0.15, 0.2) is 0 Å². The number of alkyl halides is 3. The normalized spacial score (nSPS) is 15.8. The number of aryl methyl sites for hydroxylation is 2. The quantitative estimate of drug-likeness (QED) is 0.559. The molecule has 1 saturated heterocycles. The fourth-order valence-corrected chi connectivity index (χ4v) is 3.90. The summed E-state index contributed by atoms with van der Waals surface area (Å²) in [5, 5.41) is 6.71. The molecule has 0 radical (unpaired) electrons. The number of nitrogens with zero attached hydrogens (tertiary/aromatic N) is 3. The third-order valence-electron chi connectivity index (χ3n) is 6.15. The Kier molecular flexibility index (Phi) is 7.11. The molecule has 1 N–H and O–H groups in total. The second-order valence-electron chi connectivity index (χ2n) is 8.74. The summed E-state index contributed by atoms with van der Waals surface area (Å²) in [4.78, 5) is 39.4. The Labute approximate surface area is 204 Å². The highest BCUT2D eigenvalue weighted by Gasteiger charge is 2.30. The number of amides is 1. The summed E-state index contributed by atoms with van der Waals surface area (Å²) in [6.07, 6.45) is -3.05. The molecule has 1 aromatic heterocycles. The summed E-state index contributed by atoms with van der Waals surface area (Å²) in [7, 11) is 0. The Morgan fingerprint density at radius 1 is 1.11 bits per heavy atom. The van der Waals surface area contributed by atoms with Crippen LogP contribution in [0.4, 0.5) is 13.2 Å². The van der Waals surface area contributed by atoms with Crippen molar-refractivity contribution in [3.05, 3.63) is 91.3 Å². The highest BCUT2D eigenvalue weighted by atomic mass is 19.4. The maximum Gasteiger partial charge on any atom is 0.416 e. The second-order valence-corrected chi connectivity index (χ2v) is 8.74. The summed E-state index contributed by atoms with van der Waals surface area (Å²) in [6, 6.07) is 9.24. The molecule has 4 rings (SSSR count). The first kappa shape index (κ1) is 25.4. The Morgan fingerprint density at radius 2 is 1.83 bits per heavy atom. The fourth-order valence-electron chi connectivity index (χ4n) is 3.90. The Balaban J connectivity index is 1.76. The minimum atomic E-state index is -4.52. The van der Waals surface area contributed by atoms with Crippen LogP contribution < -0.4 is 16.6 Å². The average Bonchev–Trinajstić information content (AvgIpc) is 3.36. The van der Waals surface area contributed by atoms with Gasteiger partial charge in [-0.2, -0.15) is 23.0 Å². The highest BCUT2D eigenvalue weighted by Crippen LogP contribution is 2.29. The van der Waals surface area contributed by atoms with E-state index in [1.165, 1.54) is 12.1 Å². The zero-order chi connectivity index (χ0) is 26.0. The number of hydrogen-bond donors (Lipinski definition) is 1. The molecule has 190 valence electrons. The van der Waals surface area contributed by atoms with Gasteiger partial charge in [0.2, 0.25) is 5.69 Å². The number of carbonyl (C=O) groups is 1. The molecule has 1 amide bonds. The molecule has 0 aliphatic carbocycles. The van der Waals surface area contributed by atoms with Gasteiger partial charge in [0, 0.05) is 13.2 Å². The standard InChI is InChI=1S/C25H25F3N4O4/c1-15-5-10-19(12-16(15)2)32-24(35)31(14-17-6-8-18(9-7-17)25(26,27)28)23(34)21(30-32)22(33)29-13-20-4-3-11-36-20/h5-10,12,20H,3-4,11,13-14H2,1-2H3,(H,29,33). The molecule has 0 spiro atoms. The van der Waals surface area contributed by atoms with Crippen LogP contribution >= 0.6 is 0 Å². The lowest BCUT2D eigenvalue weighted by atomic mass is 10.1. The van der Waals surface area contributed by atoms with E-state index >= 15 is 0 Å². The molecule has 11 heteroatoms. The molecule has 1 unspecified atom stereocenters. The van der Waals surface area contributed by atoms with Gasteiger partial charge in [-0.15, -0.1) is 0 Å². The van der Waals surface area contributed by atoms with Gasteiger partial charge in [0.05, 0.1) is 23.9 Å². The molecule has 2 heterocycles. The third-order valence-corrected chi connectivity index (χ3v) is 6.15. The van der Waals surface area contributed by atoms with Gasteiger partial charge in [-0.25, -0.2) is 4.79 Å². The minimum absolute atomic E-state index is 0.172. The fraction of sp³-hybridized carbons (Fsp3) is 0.360. The summed E-state index contributed by atoms with van der Waals surface area (Å²) in [6.45, 7) is 4.18. The number of nitrogens with one attached hydrogen (secondary N) is 1. The van der Waals surface area contributed by atoms with Crippen molar-refractivity contribution in [3.8, 4) is 5.69 Å². The number of hydrogen-bond acceptors (Lipinski definition) is 5. The van der Waals surface area contributed by atoms with Crippen LogP contribution in [0.2, 0.25) is 0 Å². The van der Waals surface area contributed by atoms with Crippen LogP contribution in [-0.4, -0.2) is 39.5 Å². The lowest BCUT2D eigenvalue weighted by molar-refractivity contribution is -0.137. The highest BCUT2D eigenvalue weighted by molar-refractivity contribution is 5.91. The van der Waals surface area contributed by atoms with Gasteiger partial charge in [-0.1, -0.05) is 18.2 Å². The number of rotatable bonds is 6. The van der Waals surface area contributed by atoms with Crippen molar-refractivity contribution >= 4 is 5.91 Å².